The van der Waals surface area contributed by atoms with Crippen molar-refractivity contribution in [2.45, 2.75) is 174 Å². The lowest BCUT2D eigenvalue weighted by Gasteiger charge is -2.19. The second-order valence-corrected chi connectivity index (χ2v) is 16.0. The van der Waals surface area contributed by atoms with Gasteiger partial charge in [0.2, 0.25) is 0 Å². The molecule has 11 heteroatoms. The van der Waals surface area contributed by atoms with Gasteiger partial charge < -0.3 is 25.2 Å². The van der Waals surface area contributed by atoms with E-state index in [-0.39, 0.29) is 50.4 Å². The molecule has 0 saturated heterocycles. The third-order valence-corrected chi connectivity index (χ3v) is 10.5. The zero-order chi connectivity index (χ0) is 39.5. The van der Waals surface area contributed by atoms with Crippen molar-refractivity contribution in [1.82, 2.24) is 0 Å². The largest absolute Gasteiger partial charge is 0.498 e. The van der Waals surface area contributed by atoms with Gasteiger partial charge in [-0.3, -0.25) is 18.6 Å². The van der Waals surface area contributed by atoms with Crippen molar-refractivity contribution >= 4 is 19.6 Å². The van der Waals surface area contributed by atoms with Crippen molar-refractivity contribution in [3.63, 3.8) is 0 Å². The first kappa shape index (κ1) is 49.9. The molecule has 0 saturated carbocycles. The van der Waals surface area contributed by atoms with Gasteiger partial charge in [-0.15, -0.1) is 0 Å². The first-order chi connectivity index (χ1) is 26.2. The minimum atomic E-state index is -4.35. The fraction of sp³-hybridized carbons (Fsp3) is 0.767. The standard InChI is InChI=1S/C43H76NO9P/c1-3-5-7-8-9-10-11-12-13-14-15-16-17-18-21-25-34-50-36-40(37-52-54(48,49)51-35-33-44)53-43(47)28-24-20-19-23-26-38-29-32-42(46)41(38)31-30-39(45)27-22-6-4-2/h19,23,25,29-32,34,38-41,45H,3-18,20-22,24,26-28,33,35-37,44H2,1-2H3,(H,48,49)/b23-19-,31-30+,34-25+/t38-,39-,40+,41+/m0/s1. The molecule has 1 rings (SSSR count). The number of unbranched alkanes of at least 4 members (excludes halogenated alkanes) is 17. The summed E-state index contributed by atoms with van der Waals surface area (Å²) in [6, 6.07) is 0. The molecule has 0 aromatic rings. The summed E-state index contributed by atoms with van der Waals surface area (Å²) in [5, 5.41) is 10.2. The van der Waals surface area contributed by atoms with Gasteiger partial charge in [0, 0.05) is 18.9 Å². The molecule has 1 aliphatic rings. The number of ketones is 1. The number of phosphoric acid groups is 1. The van der Waals surface area contributed by atoms with E-state index in [1.54, 1.807) is 18.4 Å². The molecule has 1 unspecified atom stereocenters. The number of hydrogen-bond donors (Lipinski definition) is 3. The molecule has 0 amide bonds. The highest BCUT2D eigenvalue weighted by molar-refractivity contribution is 7.47. The summed E-state index contributed by atoms with van der Waals surface area (Å²) < 4.78 is 33.1. The predicted molar refractivity (Wildman–Crippen MR) is 219 cm³/mol. The van der Waals surface area contributed by atoms with Gasteiger partial charge in [0.15, 0.2) is 11.9 Å². The zero-order valence-electron chi connectivity index (χ0n) is 33.8. The van der Waals surface area contributed by atoms with Crippen molar-refractivity contribution in [1.29, 1.82) is 0 Å². The second-order valence-electron chi connectivity index (χ2n) is 14.6. The zero-order valence-corrected chi connectivity index (χ0v) is 34.7. The summed E-state index contributed by atoms with van der Waals surface area (Å²) >= 11 is 0. The van der Waals surface area contributed by atoms with E-state index in [1.165, 1.54) is 83.5 Å². The summed E-state index contributed by atoms with van der Waals surface area (Å²) in [4.78, 5) is 34.9. The Morgan fingerprint density at radius 2 is 1.44 bits per heavy atom. The molecule has 312 valence electrons. The number of hydrogen-bond acceptors (Lipinski definition) is 9. The van der Waals surface area contributed by atoms with Crippen LogP contribution in [0.2, 0.25) is 0 Å². The van der Waals surface area contributed by atoms with Crippen LogP contribution in [0.5, 0.6) is 0 Å². The molecular weight excluding hydrogens is 705 g/mol. The van der Waals surface area contributed by atoms with Gasteiger partial charge in [-0.2, -0.15) is 0 Å². The van der Waals surface area contributed by atoms with Gasteiger partial charge >= 0.3 is 13.8 Å². The topological polar surface area (TPSA) is 155 Å². The summed E-state index contributed by atoms with van der Waals surface area (Å²) in [5.41, 5.74) is 5.36. The maximum Gasteiger partial charge on any atom is 0.472 e. The number of aliphatic hydroxyl groups is 1. The predicted octanol–water partition coefficient (Wildman–Crippen LogP) is 10.4. The first-order valence-electron chi connectivity index (χ1n) is 21.2. The summed E-state index contributed by atoms with van der Waals surface area (Å²) in [7, 11) is -4.35. The quantitative estimate of drug-likeness (QED) is 0.0182. The average Bonchev–Trinajstić information content (AvgIpc) is 3.51. The Labute approximate surface area is 328 Å². The number of allylic oxidation sites excluding steroid dienone is 6. The monoisotopic (exact) mass is 782 g/mol. The van der Waals surface area contributed by atoms with Gasteiger partial charge in [0.25, 0.3) is 0 Å². The van der Waals surface area contributed by atoms with Crippen LogP contribution >= 0.6 is 7.82 Å². The fourth-order valence-corrected chi connectivity index (χ4v) is 7.07. The lowest BCUT2D eigenvalue weighted by Crippen LogP contribution is -2.27. The molecule has 4 N–H and O–H groups in total. The van der Waals surface area contributed by atoms with E-state index in [9.17, 15) is 24.2 Å². The van der Waals surface area contributed by atoms with Gasteiger partial charge in [-0.1, -0.05) is 147 Å². The van der Waals surface area contributed by atoms with Crippen molar-refractivity contribution in [2.75, 3.05) is 26.4 Å². The molecule has 1 aliphatic carbocycles. The summed E-state index contributed by atoms with van der Waals surface area (Å²) in [5.74, 6) is -0.627. The number of aliphatic hydroxyl groups excluding tert-OH is 1. The molecule has 54 heavy (non-hydrogen) atoms. The molecule has 0 fully saturated rings. The number of phosphoric ester groups is 1. The highest BCUT2D eigenvalue weighted by atomic mass is 31.2. The van der Waals surface area contributed by atoms with Gasteiger partial charge in [-0.25, -0.2) is 4.57 Å². The number of carbonyl (C=O) groups is 2. The summed E-state index contributed by atoms with van der Waals surface area (Å²) in [6.45, 7) is 3.91. The molecule has 0 aliphatic heterocycles. The van der Waals surface area contributed by atoms with Crippen LogP contribution in [-0.4, -0.2) is 60.3 Å². The average molecular weight is 782 g/mol. The molecule has 5 atom stereocenters. The van der Waals surface area contributed by atoms with E-state index >= 15 is 0 Å². The van der Waals surface area contributed by atoms with E-state index in [4.69, 9.17) is 24.3 Å². The van der Waals surface area contributed by atoms with Crippen LogP contribution in [0.3, 0.4) is 0 Å². The maximum absolute atomic E-state index is 12.6. The number of esters is 1. The third-order valence-electron chi connectivity index (χ3n) is 9.56. The number of ether oxygens (including phenoxy) is 2. The second kappa shape index (κ2) is 34.2. The lowest BCUT2D eigenvalue weighted by molar-refractivity contribution is -0.153. The third kappa shape index (κ3) is 28.4. The molecule has 0 aromatic carbocycles. The minimum Gasteiger partial charge on any atom is -0.498 e. The SMILES string of the molecule is CCCCCCCCCCCCCCCC/C=C/OC[C@H](COP(=O)(O)OCCN)OC(=O)CCC/C=C\C[C@H]1C=CC(=O)[C@@H]1/C=C/[C@@H](O)CCCCC. The Morgan fingerprint density at radius 1 is 0.833 bits per heavy atom. The van der Waals surface area contributed by atoms with E-state index in [0.29, 0.717) is 25.7 Å². The van der Waals surface area contributed by atoms with Gasteiger partial charge in [0.1, 0.15) is 6.61 Å². The number of carbonyl (C=O) groups excluding carboxylic acids is 2. The molecular formula is C43H76NO9P. The van der Waals surface area contributed by atoms with E-state index in [2.05, 4.69) is 13.8 Å². The van der Waals surface area contributed by atoms with Crippen molar-refractivity contribution < 1.29 is 42.7 Å². The molecule has 10 nitrogen and oxygen atoms in total. The van der Waals surface area contributed by atoms with Crippen LogP contribution in [0.4, 0.5) is 0 Å². The number of nitrogens with two attached hydrogens (primary N) is 1. The van der Waals surface area contributed by atoms with Crippen LogP contribution in [0.15, 0.2) is 48.8 Å². The minimum absolute atomic E-state index is 0.0310. The molecule has 0 spiro atoms. The van der Waals surface area contributed by atoms with Crippen LogP contribution in [0, 0.1) is 11.8 Å². The Morgan fingerprint density at radius 3 is 2.09 bits per heavy atom. The van der Waals surface area contributed by atoms with Gasteiger partial charge in [0.05, 0.1) is 25.6 Å². The summed E-state index contributed by atoms with van der Waals surface area (Å²) in [6.07, 6.45) is 38.4. The highest BCUT2D eigenvalue weighted by Gasteiger charge is 2.27. The van der Waals surface area contributed by atoms with E-state index in [1.807, 2.05) is 30.4 Å². The Balaban J connectivity index is 2.35. The normalized spacial score (nSPS) is 18.3. The van der Waals surface area contributed by atoms with Crippen molar-refractivity contribution in [2.24, 2.45) is 17.6 Å². The Kier molecular flexibility index (Phi) is 31.6. The Bertz CT molecular complexity index is 1110. The van der Waals surface area contributed by atoms with Gasteiger partial charge in [-0.05, 0) is 56.6 Å². The van der Waals surface area contributed by atoms with E-state index in [0.717, 1.165) is 32.1 Å². The fourth-order valence-electron chi connectivity index (χ4n) is 6.31. The van der Waals surface area contributed by atoms with E-state index < -0.39 is 26.0 Å². The molecule has 0 bridgehead atoms. The lowest BCUT2D eigenvalue weighted by atomic mass is 9.90. The van der Waals surface area contributed by atoms with Crippen LogP contribution in [0.1, 0.15) is 162 Å². The van der Waals surface area contributed by atoms with Crippen LogP contribution < -0.4 is 5.73 Å². The molecule has 0 radical (unpaired) electrons. The van der Waals surface area contributed by atoms with Crippen molar-refractivity contribution in [3.05, 3.63) is 48.8 Å². The van der Waals surface area contributed by atoms with Crippen LogP contribution in [-0.2, 0) is 32.7 Å². The molecule has 0 heterocycles. The Hall–Kier alpha value is -2.07. The molecule has 0 aromatic heterocycles. The number of rotatable bonds is 37. The smallest absolute Gasteiger partial charge is 0.472 e. The highest BCUT2D eigenvalue weighted by Crippen LogP contribution is 2.43. The van der Waals surface area contributed by atoms with Crippen molar-refractivity contribution in [3.8, 4) is 0 Å². The first-order valence-corrected chi connectivity index (χ1v) is 22.7. The van der Waals surface area contributed by atoms with Crippen LogP contribution in [0.25, 0.3) is 0 Å². The maximum atomic E-state index is 12.6.